The number of aliphatic hydroxyl groups excluding tert-OH is 1. The summed E-state index contributed by atoms with van der Waals surface area (Å²) in [6.07, 6.45) is 1.91. The topological polar surface area (TPSA) is 71.5 Å². The molecule has 0 saturated heterocycles. The number of amides is 1. The molecule has 0 fully saturated rings. The smallest absolute Gasteiger partial charge is 0.237 e. The number of benzene rings is 1. The maximum atomic E-state index is 13.3. The van der Waals surface area contributed by atoms with Crippen LogP contribution >= 0.6 is 11.3 Å². The lowest BCUT2D eigenvalue weighted by Crippen LogP contribution is -2.48. The molecule has 0 aliphatic carbocycles. The second-order valence-electron chi connectivity index (χ2n) is 7.73. The van der Waals surface area contributed by atoms with Crippen LogP contribution in [0.5, 0.6) is 11.5 Å². The standard InChI is InChI=1S/C24H32N2O5S/c1-4-10-25(14-18(27)16-29-2)15-24(28)26-11-8-23-21(9-12-32-23)22(26)17-31-20-7-5-6-19(13-20)30-3/h4-7,9,12-13,18,22,27H,1,8,10-11,14-17H2,2-3H3/t18-,22+/m1/s1. The van der Waals surface area contributed by atoms with E-state index in [2.05, 4.69) is 18.0 Å². The van der Waals surface area contributed by atoms with Gasteiger partial charge in [0.15, 0.2) is 0 Å². The minimum atomic E-state index is -0.662. The van der Waals surface area contributed by atoms with E-state index < -0.39 is 6.10 Å². The summed E-state index contributed by atoms with van der Waals surface area (Å²) in [5, 5.41) is 12.2. The molecule has 0 radical (unpaired) electrons. The van der Waals surface area contributed by atoms with Crippen LogP contribution in [0.4, 0.5) is 0 Å². The van der Waals surface area contributed by atoms with Crippen molar-refractivity contribution < 1.29 is 24.1 Å². The largest absolute Gasteiger partial charge is 0.497 e. The highest BCUT2D eigenvalue weighted by molar-refractivity contribution is 7.10. The first kappa shape index (κ1) is 24.3. The molecule has 0 bridgehead atoms. The van der Waals surface area contributed by atoms with Gasteiger partial charge in [0.1, 0.15) is 18.1 Å². The first-order valence-electron chi connectivity index (χ1n) is 10.7. The molecule has 1 amide bonds. The molecule has 0 spiro atoms. The van der Waals surface area contributed by atoms with Gasteiger partial charge in [-0.15, -0.1) is 17.9 Å². The molecule has 1 aromatic heterocycles. The van der Waals surface area contributed by atoms with E-state index in [1.165, 1.54) is 4.88 Å². The van der Waals surface area contributed by atoms with Crippen LogP contribution in [0, 0.1) is 0 Å². The lowest BCUT2D eigenvalue weighted by molar-refractivity contribution is -0.136. The Morgan fingerprint density at radius 1 is 1.38 bits per heavy atom. The Hall–Kier alpha value is -2.39. The maximum absolute atomic E-state index is 13.3. The van der Waals surface area contributed by atoms with E-state index in [0.717, 1.165) is 17.7 Å². The van der Waals surface area contributed by atoms with Crippen molar-refractivity contribution in [1.29, 1.82) is 0 Å². The van der Waals surface area contributed by atoms with Gasteiger partial charge in [-0.3, -0.25) is 9.69 Å². The van der Waals surface area contributed by atoms with Gasteiger partial charge < -0.3 is 24.2 Å². The predicted molar refractivity (Wildman–Crippen MR) is 125 cm³/mol. The highest BCUT2D eigenvalue weighted by atomic mass is 32.1. The van der Waals surface area contributed by atoms with Crippen LogP contribution in [-0.2, 0) is 16.0 Å². The van der Waals surface area contributed by atoms with Crippen molar-refractivity contribution >= 4 is 17.2 Å². The lowest BCUT2D eigenvalue weighted by atomic mass is 10.0. The SMILES string of the molecule is C=CCN(CC(=O)N1CCc2sccc2[C@@H]1COc1cccc(OC)c1)C[C@@H](O)COC. The Labute approximate surface area is 193 Å². The molecule has 1 aromatic carbocycles. The van der Waals surface area contributed by atoms with Gasteiger partial charge in [0.05, 0.1) is 32.4 Å². The van der Waals surface area contributed by atoms with Crippen LogP contribution in [0.3, 0.4) is 0 Å². The number of fused-ring (bicyclic) bond motifs is 1. The van der Waals surface area contributed by atoms with Crippen molar-refractivity contribution in [3.63, 3.8) is 0 Å². The minimum absolute atomic E-state index is 0.00700. The van der Waals surface area contributed by atoms with E-state index in [1.807, 2.05) is 34.1 Å². The van der Waals surface area contributed by atoms with E-state index in [4.69, 9.17) is 14.2 Å². The van der Waals surface area contributed by atoms with Crippen molar-refractivity contribution in [3.05, 3.63) is 58.8 Å². The highest BCUT2D eigenvalue weighted by Crippen LogP contribution is 2.34. The van der Waals surface area contributed by atoms with E-state index in [-0.39, 0.29) is 25.1 Å². The zero-order chi connectivity index (χ0) is 22.9. The zero-order valence-electron chi connectivity index (χ0n) is 18.7. The Morgan fingerprint density at radius 3 is 2.94 bits per heavy atom. The second kappa shape index (κ2) is 12.0. The van der Waals surface area contributed by atoms with Crippen molar-refractivity contribution in [2.45, 2.75) is 18.6 Å². The van der Waals surface area contributed by atoms with E-state index >= 15 is 0 Å². The third kappa shape index (κ3) is 6.32. The molecule has 1 N–H and O–H groups in total. The predicted octanol–water partition coefficient (Wildman–Crippen LogP) is 2.76. The van der Waals surface area contributed by atoms with Gasteiger partial charge in [-0.2, -0.15) is 0 Å². The number of carbonyl (C=O) groups excluding carboxylic acids is 1. The first-order valence-corrected chi connectivity index (χ1v) is 11.6. The van der Waals surface area contributed by atoms with Crippen LogP contribution in [0.1, 0.15) is 16.5 Å². The number of aliphatic hydroxyl groups is 1. The van der Waals surface area contributed by atoms with Crippen LogP contribution in [0.2, 0.25) is 0 Å². The average molecular weight is 461 g/mol. The summed E-state index contributed by atoms with van der Waals surface area (Å²) < 4.78 is 16.4. The Kier molecular flexibility index (Phi) is 9.11. The van der Waals surface area contributed by atoms with Gasteiger partial charge in [-0.05, 0) is 35.6 Å². The van der Waals surface area contributed by atoms with Gasteiger partial charge in [-0.1, -0.05) is 12.1 Å². The molecule has 1 aliphatic rings. The number of ether oxygens (including phenoxy) is 3. The molecule has 2 atom stereocenters. The number of hydrogen-bond donors (Lipinski definition) is 1. The second-order valence-corrected chi connectivity index (χ2v) is 8.73. The summed E-state index contributed by atoms with van der Waals surface area (Å²) in [6.45, 7) is 6.05. The molecule has 0 saturated carbocycles. The van der Waals surface area contributed by atoms with Crippen LogP contribution in [0.15, 0.2) is 48.4 Å². The molecule has 2 aromatic rings. The number of hydrogen-bond acceptors (Lipinski definition) is 7. The van der Waals surface area contributed by atoms with Gasteiger partial charge >= 0.3 is 0 Å². The molecule has 3 rings (SSSR count). The summed E-state index contributed by atoms with van der Waals surface area (Å²) in [7, 11) is 3.17. The summed E-state index contributed by atoms with van der Waals surface area (Å²) >= 11 is 1.72. The van der Waals surface area contributed by atoms with Crippen LogP contribution in [0.25, 0.3) is 0 Å². The molecule has 2 heterocycles. The fourth-order valence-corrected chi connectivity index (χ4v) is 4.88. The molecule has 0 unspecified atom stereocenters. The third-order valence-electron chi connectivity index (χ3n) is 5.44. The molecular formula is C24H32N2O5S. The van der Waals surface area contributed by atoms with Crippen molar-refractivity contribution in [1.82, 2.24) is 9.80 Å². The highest BCUT2D eigenvalue weighted by Gasteiger charge is 2.33. The molecule has 1 aliphatic heterocycles. The molecule has 174 valence electrons. The van der Waals surface area contributed by atoms with E-state index in [0.29, 0.717) is 32.0 Å². The lowest BCUT2D eigenvalue weighted by Gasteiger charge is -2.37. The summed E-state index contributed by atoms with van der Waals surface area (Å²) in [4.78, 5) is 18.4. The monoisotopic (exact) mass is 460 g/mol. The number of methoxy groups -OCH3 is 2. The van der Waals surface area contributed by atoms with Crippen LogP contribution in [-0.4, -0.2) is 80.5 Å². The average Bonchev–Trinajstić information content (AvgIpc) is 3.27. The fraction of sp³-hybridized carbons (Fsp3) is 0.458. The Bertz CT molecular complexity index is 887. The minimum Gasteiger partial charge on any atom is -0.497 e. The molecule has 7 nitrogen and oxygen atoms in total. The summed E-state index contributed by atoms with van der Waals surface area (Å²) in [6, 6.07) is 9.39. The molecule has 32 heavy (non-hydrogen) atoms. The zero-order valence-corrected chi connectivity index (χ0v) is 19.6. The Morgan fingerprint density at radius 2 is 2.19 bits per heavy atom. The fourth-order valence-electron chi connectivity index (χ4n) is 3.95. The van der Waals surface area contributed by atoms with E-state index in [9.17, 15) is 9.90 Å². The normalized spacial score (nSPS) is 16.5. The van der Waals surface area contributed by atoms with E-state index in [1.54, 1.807) is 31.6 Å². The first-order chi connectivity index (χ1) is 15.5. The van der Waals surface area contributed by atoms with Gasteiger partial charge in [-0.25, -0.2) is 0 Å². The van der Waals surface area contributed by atoms with Gasteiger partial charge in [0.2, 0.25) is 5.91 Å². The number of nitrogens with zero attached hydrogens (tertiary/aromatic N) is 2. The quantitative estimate of drug-likeness (QED) is 0.491. The number of rotatable bonds is 12. The number of thiophene rings is 1. The molecule has 8 heteroatoms. The van der Waals surface area contributed by atoms with Crippen molar-refractivity contribution in [2.24, 2.45) is 0 Å². The Balaban J connectivity index is 1.72. The van der Waals surface area contributed by atoms with Crippen LogP contribution < -0.4 is 9.47 Å². The third-order valence-corrected chi connectivity index (χ3v) is 6.43. The summed E-state index contributed by atoms with van der Waals surface area (Å²) in [5.41, 5.74) is 1.15. The van der Waals surface area contributed by atoms with Crippen molar-refractivity contribution in [3.8, 4) is 11.5 Å². The maximum Gasteiger partial charge on any atom is 0.237 e. The van der Waals surface area contributed by atoms with Gasteiger partial charge in [0, 0.05) is 37.7 Å². The number of carbonyl (C=O) groups is 1. The molecular weight excluding hydrogens is 428 g/mol. The summed E-state index contributed by atoms with van der Waals surface area (Å²) in [5.74, 6) is 1.44. The van der Waals surface area contributed by atoms with Crippen molar-refractivity contribution in [2.75, 3.05) is 53.6 Å². The van der Waals surface area contributed by atoms with Gasteiger partial charge in [0.25, 0.3) is 0 Å².